The zero-order valence-electron chi connectivity index (χ0n) is 19.4. The Morgan fingerprint density at radius 3 is 2.41 bits per heavy atom. The predicted octanol–water partition coefficient (Wildman–Crippen LogP) is 5.19. The summed E-state index contributed by atoms with van der Waals surface area (Å²) in [6.07, 6.45) is -2.98. The van der Waals surface area contributed by atoms with E-state index in [0.29, 0.717) is 28.0 Å². The fourth-order valence-corrected chi connectivity index (χ4v) is 4.23. The van der Waals surface area contributed by atoms with E-state index >= 15 is 0 Å². The number of nitrogens with zero attached hydrogens (tertiary/aromatic N) is 5. The SMILES string of the molecule is Cc1ncccc1-n1c(=O)c2nc(Cc3ccc(OC(F)F)cc3)n(C)c2c2ccc(C(F)(F)F)nc21. The highest BCUT2D eigenvalue weighted by Crippen LogP contribution is 2.32. The van der Waals surface area contributed by atoms with Gasteiger partial charge in [0.2, 0.25) is 0 Å². The molecule has 0 bridgehead atoms. The van der Waals surface area contributed by atoms with E-state index in [4.69, 9.17) is 0 Å². The van der Waals surface area contributed by atoms with E-state index < -0.39 is 24.0 Å². The molecule has 0 N–H and O–H groups in total. The summed E-state index contributed by atoms with van der Waals surface area (Å²) in [6, 6.07) is 11.2. The summed E-state index contributed by atoms with van der Waals surface area (Å²) in [4.78, 5) is 26.2. The lowest BCUT2D eigenvalue weighted by molar-refractivity contribution is -0.141. The third kappa shape index (κ3) is 4.39. The third-order valence-corrected chi connectivity index (χ3v) is 5.96. The number of aromatic nitrogens is 5. The first-order chi connectivity index (χ1) is 17.5. The van der Waals surface area contributed by atoms with Gasteiger partial charge in [-0.3, -0.25) is 14.3 Å². The molecule has 0 saturated heterocycles. The largest absolute Gasteiger partial charge is 0.435 e. The molecule has 0 aliphatic heterocycles. The van der Waals surface area contributed by atoms with Gasteiger partial charge in [-0.1, -0.05) is 12.1 Å². The molecule has 0 amide bonds. The molecule has 0 radical (unpaired) electrons. The second-order valence-corrected chi connectivity index (χ2v) is 8.30. The molecular formula is C25H18F5N5O2. The second kappa shape index (κ2) is 8.95. The van der Waals surface area contributed by atoms with Crippen molar-refractivity contribution in [3.05, 3.63) is 87.9 Å². The smallest absolute Gasteiger partial charge is 0.433 e. The molecule has 0 aliphatic rings. The van der Waals surface area contributed by atoms with Gasteiger partial charge in [0.15, 0.2) is 5.52 Å². The number of imidazole rings is 1. The van der Waals surface area contributed by atoms with Gasteiger partial charge in [0.05, 0.1) is 16.9 Å². The molecule has 0 atom stereocenters. The summed E-state index contributed by atoms with van der Waals surface area (Å²) in [5.74, 6) is 0.437. The zero-order chi connectivity index (χ0) is 26.5. The normalized spacial score (nSPS) is 12.1. The zero-order valence-corrected chi connectivity index (χ0v) is 19.4. The molecular weight excluding hydrogens is 497 g/mol. The number of halogens is 5. The molecule has 5 aromatic rings. The van der Waals surface area contributed by atoms with Gasteiger partial charge in [-0.15, -0.1) is 0 Å². The quantitative estimate of drug-likeness (QED) is 0.302. The highest BCUT2D eigenvalue weighted by molar-refractivity contribution is 6.02. The minimum Gasteiger partial charge on any atom is -0.435 e. The van der Waals surface area contributed by atoms with Gasteiger partial charge in [-0.2, -0.15) is 22.0 Å². The van der Waals surface area contributed by atoms with E-state index in [1.54, 1.807) is 42.8 Å². The number of pyridine rings is 3. The summed E-state index contributed by atoms with van der Waals surface area (Å²) < 4.78 is 72.6. The molecule has 0 spiro atoms. The Morgan fingerprint density at radius 2 is 1.76 bits per heavy atom. The Kier molecular flexibility index (Phi) is 5.89. The van der Waals surface area contributed by atoms with E-state index in [1.165, 1.54) is 24.4 Å². The summed E-state index contributed by atoms with van der Waals surface area (Å²) in [5, 5.41) is 0.299. The number of hydrogen-bond donors (Lipinski definition) is 0. The van der Waals surface area contributed by atoms with Crippen LogP contribution in [0.25, 0.3) is 27.8 Å². The molecule has 190 valence electrons. The number of fused-ring (bicyclic) bond motifs is 3. The van der Waals surface area contributed by atoms with Crippen molar-refractivity contribution in [1.29, 1.82) is 0 Å². The van der Waals surface area contributed by atoms with E-state index in [9.17, 15) is 26.7 Å². The van der Waals surface area contributed by atoms with Gasteiger partial charge in [-0.25, -0.2) is 9.97 Å². The van der Waals surface area contributed by atoms with Crippen molar-refractivity contribution < 1.29 is 26.7 Å². The van der Waals surface area contributed by atoms with Crippen LogP contribution in [-0.2, 0) is 19.6 Å². The highest BCUT2D eigenvalue weighted by atomic mass is 19.4. The van der Waals surface area contributed by atoms with Crippen LogP contribution in [0.4, 0.5) is 22.0 Å². The van der Waals surface area contributed by atoms with Crippen LogP contribution in [0.3, 0.4) is 0 Å². The topological polar surface area (TPSA) is 74.8 Å². The van der Waals surface area contributed by atoms with Crippen molar-refractivity contribution in [3.8, 4) is 11.4 Å². The number of hydrogen-bond acceptors (Lipinski definition) is 5. The van der Waals surface area contributed by atoms with Crippen LogP contribution < -0.4 is 10.3 Å². The van der Waals surface area contributed by atoms with Gasteiger partial charge in [0, 0.05) is 25.1 Å². The second-order valence-electron chi connectivity index (χ2n) is 8.30. The highest BCUT2D eigenvalue weighted by Gasteiger charge is 2.33. The third-order valence-electron chi connectivity index (χ3n) is 5.96. The first kappa shape index (κ1) is 24.3. The summed E-state index contributed by atoms with van der Waals surface area (Å²) >= 11 is 0. The van der Waals surface area contributed by atoms with Crippen molar-refractivity contribution in [3.63, 3.8) is 0 Å². The molecule has 12 heteroatoms. The van der Waals surface area contributed by atoms with Crippen molar-refractivity contribution in [2.45, 2.75) is 26.1 Å². The summed E-state index contributed by atoms with van der Waals surface area (Å²) in [7, 11) is 1.65. The molecule has 1 aromatic carbocycles. The first-order valence-corrected chi connectivity index (χ1v) is 11.0. The first-order valence-electron chi connectivity index (χ1n) is 11.0. The average Bonchev–Trinajstić information content (AvgIpc) is 3.16. The molecule has 37 heavy (non-hydrogen) atoms. The van der Waals surface area contributed by atoms with Gasteiger partial charge >= 0.3 is 12.8 Å². The minimum atomic E-state index is -4.72. The van der Waals surface area contributed by atoms with E-state index in [-0.39, 0.29) is 29.0 Å². The molecule has 5 rings (SSSR count). The fraction of sp³-hybridized carbons (Fsp3) is 0.200. The van der Waals surface area contributed by atoms with Crippen LogP contribution >= 0.6 is 0 Å². The minimum absolute atomic E-state index is 0.00369. The molecule has 0 saturated carbocycles. The molecule has 7 nitrogen and oxygen atoms in total. The van der Waals surface area contributed by atoms with Gasteiger partial charge in [0.1, 0.15) is 22.9 Å². The maximum absolute atomic E-state index is 13.7. The lowest BCUT2D eigenvalue weighted by Crippen LogP contribution is -2.22. The number of rotatable bonds is 5. The Bertz CT molecular complexity index is 1690. The van der Waals surface area contributed by atoms with Crippen molar-refractivity contribution in [1.82, 2.24) is 24.1 Å². The Labute approximate surface area is 205 Å². The maximum Gasteiger partial charge on any atom is 0.433 e. The van der Waals surface area contributed by atoms with E-state index in [1.807, 2.05) is 0 Å². The van der Waals surface area contributed by atoms with Crippen LogP contribution in [0.1, 0.15) is 22.8 Å². The molecule has 0 aliphatic carbocycles. The van der Waals surface area contributed by atoms with E-state index in [0.717, 1.165) is 10.6 Å². The lowest BCUT2D eigenvalue weighted by Gasteiger charge is -2.14. The summed E-state index contributed by atoms with van der Waals surface area (Å²) in [6.45, 7) is -1.31. The van der Waals surface area contributed by atoms with E-state index in [2.05, 4.69) is 19.7 Å². The fourth-order valence-electron chi connectivity index (χ4n) is 4.23. The number of alkyl halides is 5. The Morgan fingerprint density at radius 1 is 1.03 bits per heavy atom. The average molecular weight is 515 g/mol. The monoisotopic (exact) mass is 515 g/mol. The summed E-state index contributed by atoms with van der Waals surface area (Å²) in [5.41, 5.74) is -0.175. The lowest BCUT2D eigenvalue weighted by atomic mass is 10.1. The molecule has 4 aromatic heterocycles. The van der Waals surface area contributed by atoms with Gasteiger partial charge in [-0.05, 0) is 48.9 Å². The van der Waals surface area contributed by atoms with Gasteiger partial charge < -0.3 is 9.30 Å². The Balaban J connectivity index is 1.73. The van der Waals surface area contributed by atoms with Crippen LogP contribution in [0.15, 0.2) is 59.5 Å². The number of aryl methyl sites for hydroxylation is 2. The standard InChI is InChI=1S/C25H18F5N5O2/c1-13-17(4-3-11-31-13)35-22-16(9-10-18(32-22)25(28,29)30)21-20(23(35)36)33-19(34(21)2)12-14-5-7-15(8-6-14)37-24(26)27/h3-11,24H,12H2,1-2H3. The number of ether oxygens (including phenoxy) is 1. The molecule has 0 fully saturated rings. The molecule has 4 heterocycles. The van der Waals surface area contributed by atoms with Crippen LogP contribution in [0, 0.1) is 6.92 Å². The van der Waals surface area contributed by atoms with Crippen molar-refractivity contribution >= 4 is 22.1 Å². The van der Waals surface area contributed by atoms with Crippen LogP contribution in [0.5, 0.6) is 5.75 Å². The van der Waals surface area contributed by atoms with Crippen molar-refractivity contribution in [2.75, 3.05) is 0 Å². The van der Waals surface area contributed by atoms with Crippen LogP contribution in [-0.4, -0.2) is 30.7 Å². The maximum atomic E-state index is 13.7. The molecule has 0 unspecified atom stereocenters. The Hall–Kier alpha value is -4.35. The predicted molar refractivity (Wildman–Crippen MR) is 125 cm³/mol. The van der Waals surface area contributed by atoms with Crippen LogP contribution in [0.2, 0.25) is 0 Å². The van der Waals surface area contributed by atoms with Gasteiger partial charge in [0.25, 0.3) is 5.56 Å². The van der Waals surface area contributed by atoms with Crippen molar-refractivity contribution in [2.24, 2.45) is 7.05 Å². The number of benzene rings is 1.